The van der Waals surface area contributed by atoms with Gasteiger partial charge < -0.3 is 14.7 Å². The van der Waals surface area contributed by atoms with E-state index in [1.807, 2.05) is 30.3 Å². The molecule has 1 aromatic heterocycles. The highest BCUT2D eigenvalue weighted by Gasteiger charge is 2.18. The molecule has 160 valence electrons. The lowest BCUT2D eigenvalue weighted by Gasteiger charge is -2.15. The highest BCUT2D eigenvalue weighted by atomic mass is 16.5. The fourth-order valence-corrected chi connectivity index (χ4v) is 3.75. The number of hydrogen-bond acceptors (Lipinski definition) is 5. The third-order valence-corrected chi connectivity index (χ3v) is 5.59. The van der Waals surface area contributed by atoms with Crippen LogP contribution in [0.25, 0.3) is 11.5 Å². The molecule has 4 rings (SSSR count). The van der Waals surface area contributed by atoms with Gasteiger partial charge in [-0.3, -0.25) is 9.59 Å². The molecule has 1 aliphatic carbocycles. The van der Waals surface area contributed by atoms with Crippen molar-refractivity contribution in [1.82, 2.24) is 20.4 Å². The Labute approximate surface area is 181 Å². The van der Waals surface area contributed by atoms with Crippen molar-refractivity contribution in [2.24, 2.45) is 0 Å². The van der Waals surface area contributed by atoms with Crippen molar-refractivity contribution < 1.29 is 14.1 Å². The third kappa shape index (κ3) is 5.17. The van der Waals surface area contributed by atoms with E-state index in [-0.39, 0.29) is 17.9 Å². The molecule has 0 spiro atoms. The first kappa shape index (κ1) is 20.8. The monoisotopic (exact) mass is 418 g/mol. The van der Waals surface area contributed by atoms with Crippen LogP contribution in [-0.4, -0.2) is 46.5 Å². The van der Waals surface area contributed by atoms with Crippen LogP contribution in [-0.2, 0) is 6.42 Å². The number of hydrogen-bond donors (Lipinski definition) is 1. The zero-order valence-corrected chi connectivity index (χ0v) is 17.6. The van der Waals surface area contributed by atoms with E-state index in [2.05, 4.69) is 15.5 Å². The van der Waals surface area contributed by atoms with Crippen LogP contribution in [0.15, 0.2) is 59.1 Å². The topological polar surface area (TPSA) is 88.3 Å². The Balaban J connectivity index is 1.33. The predicted molar refractivity (Wildman–Crippen MR) is 117 cm³/mol. The lowest BCUT2D eigenvalue weighted by Crippen LogP contribution is -2.32. The molecule has 0 saturated heterocycles. The van der Waals surface area contributed by atoms with Crippen LogP contribution in [0.5, 0.6) is 0 Å². The van der Waals surface area contributed by atoms with Crippen molar-refractivity contribution in [3.63, 3.8) is 0 Å². The van der Waals surface area contributed by atoms with E-state index in [0.29, 0.717) is 35.8 Å². The molecule has 2 aromatic carbocycles. The van der Waals surface area contributed by atoms with Crippen molar-refractivity contribution in [3.05, 3.63) is 71.5 Å². The predicted octanol–water partition coefficient (Wildman–Crippen LogP) is 3.72. The Morgan fingerprint density at radius 2 is 1.74 bits per heavy atom. The lowest BCUT2D eigenvalue weighted by molar-refractivity contribution is 0.0795. The van der Waals surface area contributed by atoms with Gasteiger partial charge in [0.05, 0.1) is 0 Å². The summed E-state index contributed by atoms with van der Waals surface area (Å²) in [6.07, 6.45) is 4.96. The molecular weight excluding hydrogens is 392 g/mol. The molecule has 31 heavy (non-hydrogen) atoms. The molecule has 1 heterocycles. The van der Waals surface area contributed by atoms with Gasteiger partial charge in [-0.1, -0.05) is 36.2 Å². The van der Waals surface area contributed by atoms with Crippen molar-refractivity contribution in [2.45, 2.75) is 38.1 Å². The van der Waals surface area contributed by atoms with E-state index in [1.54, 1.807) is 36.2 Å². The van der Waals surface area contributed by atoms with E-state index >= 15 is 0 Å². The quantitative estimate of drug-likeness (QED) is 0.632. The molecule has 1 N–H and O–H groups in total. The van der Waals surface area contributed by atoms with Crippen molar-refractivity contribution >= 4 is 11.8 Å². The largest absolute Gasteiger partial charge is 0.349 e. The number of likely N-dealkylation sites (N-methyl/N-ethyl adjacent to an activating group) is 1. The first-order valence-electron chi connectivity index (χ1n) is 10.6. The van der Waals surface area contributed by atoms with Crippen LogP contribution < -0.4 is 5.32 Å². The maximum atomic E-state index is 12.4. The number of benzene rings is 2. The van der Waals surface area contributed by atoms with Gasteiger partial charge in [0.2, 0.25) is 0 Å². The van der Waals surface area contributed by atoms with Crippen LogP contribution in [0.2, 0.25) is 0 Å². The number of nitrogens with one attached hydrogen (secondary N) is 1. The van der Waals surface area contributed by atoms with Crippen molar-refractivity contribution in [1.29, 1.82) is 0 Å². The molecule has 0 aliphatic heterocycles. The van der Waals surface area contributed by atoms with Crippen molar-refractivity contribution in [2.75, 3.05) is 13.6 Å². The second-order valence-electron chi connectivity index (χ2n) is 7.89. The summed E-state index contributed by atoms with van der Waals surface area (Å²) in [5.41, 5.74) is 2.03. The fourth-order valence-electron chi connectivity index (χ4n) is 3.75. The first-order valence-corrected chi connectivity index (χ1v) is 10.6. The number of aromatic nitrogens is 2. The summed E-state index contributed by atoms with van der Waals surface area (Å²) in [6, 6.07) is 16.6. The summed E-state index contributed by atoms with van der Waals surface area (Å²) in [5.74, 6) is 0.840. The standard InChI is InChI=1S/C24H26N4O3/c1-28(24(30)19-7-3-2-4-8-19)16-15-21-26-23(31-27-21)18-13-11-17(12-14-18)22(29)25-20-9-5-6-10-20/h2-4,7-8,11-14,20H,5-6,9-10,15-16H2,1H3,(H,25,29). The molecule has 3 aromatic rings. The van der Waals surface area contributed by atoms with Gasteiger partial charge in [-0.25, -0.2) is 0 Å². The van der Waals surface area contributed by atoms with E-state index in [1.165, 1.54) is 12.8 Å². The molecule has 0 unspecified atom stereocenters. The zero-order valence-electron chi connectivity index (χ0n) is 17.6. The molecule has 0 bridgehead atoms. The summed E-state index contributed by atoms with van der Waals surface area (Å²) < 4.78 is 5.37. The normalized spacial score (nSPS) is 13.8. The Hall–Kier alpha value is -3.48. The van der Waals surface area contributed by atoms with Gasteiger partial charge in [0.15, 0.2) is 5.82 Å². The molecule has 1 aliphatic rings. The van der Waals surface area contributed by atoms with Crippen LogP contribution in [0.3, 0.4) is 0 Å². The average molecular weight is 418 g/mol. The van der Waals surface area contributed by atoms with Gasteiger partial charge in [0.25, 0.3) is 17.7 Å². The van der Waals surface area contributed by atoms with Crippen LogP contribution in [0.1, 0.15) is 52.2 Å². The summed E-state index contributed by atoms with van der Waals surface area (Å²) in [5, 5.41) is 7.10. The van der Waals surface area contributed by atoms with E-state index < -0.39 is 0 Å². The Bertz CT molecular complexity index is 1020. The summed E-state index contributed by atoms with van der Waals surface area (Å²) in [6.45, 7) is 0.479. The van der Waals surface area contributed by atoms with Gasteiger partial charge in [0.1, 0.15) is 0 Å². The minimum atomic E-state index is -0.0456. The van der Waals surface area contributed by atoms with Gasteiger partial charge >= 0.3 is 0 Å². The highest BCUT2D eigenvalue weighted by molar-refractivity contribution is 5.95. The number of amides is 2. The molecule has 7 heteroatoms. The van der Waals surface area contributed by atoms with Gasteiger partial charge in [-0.15, -0.1) is 0 Å². The maximum absolute atomic E-state index is 12.4. The van der Waals surface area contributed by atoms with E-state index in [0.717, 1.165) is 18.4 Å². The number of carbonyl (C=O) groups is 2. The first-order chi connectivity index (χ1) is 15.1. The Morgan fingerprint density at radius 3 is 2.45 bits per heavy atom. The number of carbonyl (C=O) groups excluding carboxylic acids is 2. The Morgan fingerprint density at radius 1 is 1.03 bits per heavy atom. The average Bonchev–Trinajstić information content (AvgIpc) is 3.50. The summed E-state index contributed by atoms with van der Waals surface area (Å²) >= 11 is 0. The molecule has 2 amide bonds. The Kier molecular flexibility index (Phi) is 6.40. The minimum Gasteiger partial charge on any atom is -0.349 e. The zero-order chi connectivity index (χ0) is 21.6. The molecule has 0 radical (unpaired) electrons. The SMILES string of the molecule is CN(CCc1noc(-c2ccc(C(=O)NC3CCCC3)cc2)n1)C(=O)c1ccccc1. The van der Waals surface area contributed by atoms with Crippen LogP contribution in [0, 0.1) is 0 Å². The minimum absolute atomic E-state index is 0.0456. The summed E-state index contributed by atoms with van der Waals surface area (Å²) in [4.78, 5) is 30.8. The molecule has 0 atom stereocenters. The smallest absolute Gasteiger partial charge is 0.257 e. The van der Waals surface area contributed by atoms with Crippen LogP contribution >= 0.6 is 0 Å². The van der Waals surface area contributed by atoms with E-state index in [4.69, 9.17) is 4.52 Å². The molecule has 1 fully saturated rings. The van der Waals surface area contributed by atoms with Gasteiger partial charge in [0, 0.05) is 42.7 Å². The molecule has 7 nitrogen and oxygen atoms in total. The molecule has 1 saturated carbocycles. The summed E-state index contributed by atoms with van der Waals surface area (Å²) in [7, 11) is 1.76. The van der Waals surface area contributed by atoms with Crippen molar-refractivity contribution in [3.8, 4) is 11.5 Å². The highest BCUT2D eigenvalue weighted by Crippen LogP contribution is 2.20. The molecular formula is C24H26N4O3. The third-order valence-electron chi connectivity index (χ3n) is 5.59. The number of rotatable bonds is 7. The van der Waals surface area contributed by atoms with Crippen LogP contribution in [0.4, 0.5) is 0 Å². The van der Waals surface area contributed by atoms with Gasteiger partial charge in [-0.2, -0.15) is 4.98 Å². The second kappa shape index (κ2) is 9.55. The second-order valence-corrected chi connectivity index (χ2v) is 7.89. The number of nitrogens with zero attached hydrogens (tertiary/aromatic N) is 3. The fraction of sp³-hybridized carbons (Fsp3) is 0.333. The van der Waals surface area contributed by atoms with Gasteiger partial charge in [-0.05, 0) is 49.2 Å². The van der Waals surface area contributed by atoms with E-state index in [9.17, 15) is 9.59 Å². The lowest BCUT2D eigenvalue weighted by atomic mass is 10.1. The maximum Gasteiger partial charge on any atom is 0.257 e.